The van der Waals surface area contributed by atoms with Gasteiger partial charge in [0.2, 0.25) is 11.7 Å². The number of Topliss-reactive ketones (excluding diaryl/α,β-unsaturated/α-hetero) is 1. The van der Waals surface area contributed by atoms with E-state index >= 15 is 0 Å². The fourth-order valence-electron chi connectivity index (χ4n) is 2.83. The summed E-state index contributed by atoms with van der Waals surface area (Å²) >= 11 is 5.97. The first-order valence-electron chi connectivity index (χ1n) is 8.08. The number of nitrogens with zero attached hydrogens (tertiary/aromatic N) is 4. The number of nitrogens with one attached hydrogen (secondary N) is 1. The van der Waals surface area contributed by atoms with Crippen LogP contribution in [0, 0.1) is 0 Å². The Morgan fingerprint density at radius 1 is 1.19 bits per heavy atom. The van der Waals surface area contributed by atoms with Crippen LogP contribution in [0.4, 0.5) is 5.69 Å². The van der Waals surface area contributed by atoms with E-state index in [9.17, 15) is 9.59 Å². The van der Waals surface area contributed by atoms with E-state index in [0.717, 1.165) is 16.8 Å². The van der Waals surface area contributed by atoms with Crippen LogP contribution in [0.15, 0.2) is 42.5 Å². The van der Waals surface area contributed by atoms with Gasteiger partial charge in [0.15, 0.2) is 5.78 Å². The number of amides is 1. The van der Waals surface area contributed by atoms with Crippen molar-refractivity contribution < 1.29 is 9.59 Å². The maximum Gasteiger partial charge on any atom is 0.224 e. The van der Waals surface area contributed by atoms with E-state index in [1.165, 1.54) is 4.80 Å². The van der Waals surface area contributed by atoms with Gasteiger partial charge in [0.05, 0.1) is 0 Å². The van der Waals surface area contributed by atoms with Gasteiger partial charge in [-0.1, -0.05) is 23.7 Å². The van der Waals surface area contributed by atoms with Gasteiger partial charge in [-0.15, -0.1) is 10.2 Å². The molecule has 1 amide bonds. The number of anilines is 1. The maximum absolute atomic E-state index is 12.5. The standard InChI is InChI=1S/C18H14ClN5O2/c19-14-3-1-2-13(9-14)18-21-23-24(22-18)10-16(25)12-4-6-15-11(8-12)5-7-17(26)20-15/h1-4,6,8-9H,5,7,10H2,(H,20,26). The molecule has 7 nitrogen and oxygen atoms in total. The molecule has 1 N–H and O–H groups in total. The first-order chi connectivity index (χ1) is 12.6. The van der Waals surface area contributed by atoms with Crippen LogP contribution in [0.2, 0.25) is 5.02 Å². The number of fused-ring (bicyclic) bond motifs is 1. The van der Waals surface area contributed by atoms with Gasteiger partial charge in [-0.25, -0.2) is 0 Å². The Kier molecular flexibility index (Phi) is 4.22. The van der Waals surface area contributed by atoms with Crippen LogP contribution in [0.5, 0.6) is 0 Å². The zero-order chi connectivity index (χ0) is 18.1. The van der Waals surface area contributed by atoms with Crippen molar-refractivity contribution in [1.82, 2.24) is 20.2 Å². The average molecular weight is 368 g/mol. The lowest BCUT2D eigenvalue weighted by atomic mass is 9.99. The van der Waals surface area contributed by atoms with Crippen molar-refractivity contribution in [1.29, 1.82) is 0 Å². The van der Waals surface area contributed by atoms with Gasteiger partial charge in [-0.2, -0.15) is 4.80 Å². The van der Waals surface area contributed by atoms with Gasteiger partial charge in [0.25, 0.3) is 0 Å². The maximum atomic E-state index is 12.5. The van der Waals surface area contributed by atoms with Crippen LogP contribution in [-0.4, -0.2) is 31.9 Å². The molecule has 0 aliphatic carbocycles. The zero-order valence-electron chi connectivity index (χ0n) is 13.6. The summed E-state index contributed by atoms with van der Waals surface area (Å²) in [5, 5.41) is 15.5. The van der Waals surface area contributed by atoms with E-state index in [1.54, 1.807) is 30.3 Å². The molecule has 4 rings (SSSR count). The SMILES string of the molecule is O=C1CCc2cc(C(=O)Cn3nnc(-c4cccc(Cl)c4)n3)ccc2N1. The summed E-state index contributed by atoms with van der Waals surface area (Å²) in [5.41, 5.74) is 3.02. The van der Waals surface area contributed by atoms with Crippen LogP contribution >= 0.6 is 11.6 Å². The molecule has 0 radical (unpaired) electrons. The number of rotatable bonds is 4. The van der Waals surface area contributed by atoms with Crippen LogP contribution in [0.25, 0.3) is 11.4 Å². The van der Waals surface area contributed by atoms with Crippen molar-refractivity contribution in [2.24, 2.45) is 0 Å². The second-order valence-electron chi connectivity index (χ2n) is 6.00. The molecule has 0 saturated heterocycles. The average Bonchev–Trinajstić information content (AvgIpc) is 3.09. The van der Waals surface area contributed by atoms with Crippen LogP contribution in [-0.2, 0) is 17.8 Å². The van der Waals surface area contributed by atoms with Crippen LogP contribution in [0.3, 0.4) is 0 Å². The normalized spacial score (nSPS) is 13.2. The summed E-state index contributed by atoms with van der Waals surface area (Å²) in [6.07, 6.45) is 1.06. The number of carbonyl (C=O) groups is 2. The van der Waals surface area contributed by atoms with E-state index in [-0.39, 0.29) is 18.2 Å². The highest BCUT2D eigenvalue weighted by Crippen LogP contribution is 2.24. The fourth-order valence-corrected chi connectivity index (χ4v) is 3.02. The first-order valence-corrected chi connectivity index (χ1v) is 8.46. The molecule has 0 fully saturated rings. The van der Waals surface area contributed by atoms with E-state index < -0.39 is 0 Å². The molecular weight excluding hydrogens is 354 g/mol. The van der Waals surface area contributed by atoms with Gasteiger partial charge in [-0.05, 0) is 47.5 Å². The monoisotopic (exact) mass is 367 g/mol. The number of hydrogen-bond donors (Lipinski definition) is 1. The minimum atomic E-state index is -0.125. The number of aromatic nitrogens is 4. The van der Waals surface area contributed by atoms with Crippen molar-refractivity contribution in [3.8, 4) is 11.4 Å². The van der Waals surface area contributed by atoms with Crippen molar-refractivity contribution in [2.45, 2.75) is 19.4 Å². The second kappa shape index (κ2) is 6.68. The van der Waals surface area contributed by atoms with E-state index in [1.807, 2.05) is 12.1 Å². The van der Waals surface area contributed by atoms with Crippen LogP contribution in [0.1, 0.15) is 22.3 Å². The number of hydrogen-bond acceptors (Lipinski definition) is 5. The highest BCUT2D eigenvalue weighted by molar-refractivity contribution is 6.30. The molecule has 0 saturated carbocycles. The summed E-state index contributed by atoms with van der Waals surface area (Å²) in [6.45, 7) is -0.0152. The number of halogens is 1. The molecule has 0 unspecified atom stereocenters. The Morgan fingerprint density at radius 3 is 2.92 bits per heavy atom. The summed E-state index contributed by atoms with van der Waals surface area (Å²) in [4.78, 5) is 25.2. The molecule has 0 atom stereocenters. The van der Waals surface area contributed by atoms with Gasteiger partial charge in [0.1, 0.15) is 6.54 Å². The van der Waals surface area contributed by atoms with Crippen molar-refractivity contribution in [2.75, 3.05) is 5.32 Å². The number of tetrazole rings is 1. The third kappa shape index (κ3) is 3.34. The molecule has 3 aromatic rings. The lowest BCUT2D eigenvalue weighted by Gasteiger charge is -2.17. The van der Waals surface area contributed by atoms with Gasteiger partial charge >= 0.3 is 0 Å². The number of aryl methyl sites for hydroxylation is 1. The van der Waals surface area contributed by atoms with E-state index in [4.69, 9.17) is 11.6 Å². The molecular formula is C18H14ClN5O2. The highest BCUT2D eigenvalue weighted by Gasteiger charge is 2.17. The smallest absolute Gasteiger partial charge is 0.224 e. The van der Waals surface area contributed by atoms with Gasteiger partial charge in [-0.3, -0.25) is 9.59 Å². The predicted octanol–water partition coefficient (Wildman–Crippen LogP) is 2.76. The minimum Gasteiger partial charge on any atom is -0.326 e. The third-order valence-electron chi connectivity index (χ3n) is 4.14. The zero-order valence-corrected chi connectivity index (χ0v) is 14.4. The number of benzene rings is 2. The highest BCUT2D eigenvalue weighted by atomic mass is 35.5. The lowest BCUT2D eigenvalue weighted by Crippen LogP contribution is -2.20. The Bertz CT molecular complexity index is 1010. The summed E-state index contributed by atoms with van der Waals surface area (Å²) < 4.78 is 0. The second-order valence-corrected chi connectivity index (χ2v) is 6.43. The topological polar surface area (TPSA) is 89.8 Å². The third-order valence-corrected chi connectivity index (χ3v) is 4.38. The lowest BCUT2D eigenvalue weighted by molar-refractivity contribution is -0.116. The molecule has 2 aromatic carbocycles. The van der Waals surface area contributed by atoms with Crippen molar-refractivity contribution in [3.05, 3.63) is 58.6 Å². The fraction of sp³-hybridized carbons (Fsp3) is 0.167. The molecule has 26 heavy (non-hydrogen) atoms. The molecule has 8 heteroatoms. The Morgan fingerprint density at radius 2 is 2.08 bits per heavy atom. The quantitative estimate of drug-likeness (QED) is 0.716. The van der Waals surface area contributed by atoms with E-state index in [0.29, 0.717) is 29.3 Å². The Labute approximate surface area is 154 Å². The summed E-state index contributed by atoms with van der Waals surface area (Å²) in [5.74, 6) is 0.283. The van der Waals surface area contributed by atoms with Crippen molar-refractivity contribution >= 4 is 29.0 Å². The number of ketones is 1. The van der Waals surface area contributed by atoms with Crippen molar-refractivity contribution in [3.63, 3.8) is 0 Å². The molecule has 1 aromatic heterocycles. The summed E-state index contributed by atoms with van der Waals surface area (Å²) in [7, 11) is 0. The summed E-state index contributed by atoms with van der Waals surface area (Å²) in [6, 6.07) is 12.4. The molecule has 1 aliphatic rings. The van der Waals surface area contributed by atoms with Gasteiger partial charge in [0, 0.05) is 28.3 Å². The first kappa shape index (κ1) is 16.4. The molecule has 0 spiro atoms. The molecule has 1 aliphatic heterocycles. The number of carbonyl (C=O) groups excluding carboxylic acids is 2. The predicted molar refractivity (Wildman–Crippen MR) is 96.0 cm³/mol. The Balaban J connectivity index is 1.51. The largest absolute Gasteiger partial charge is 0.326 e. The Hall–Kier alpha value is -3.06. The van der Waals surface area contributed by atoms with Crippen LogP contribution < -0.4 is 5.32 Å². The van der Waals surface area contributed by atoms with Gasteiger partial charge < -0.3 is 5.32 Å². The van der Waals surface area contributed by atoms with E-state index in [2.05, 4.69) is 20.7 Å². The minimum absolute atomic E-state index is 0.00284. The molecule has 2 heterocycles. The molecule has 130 valence electrons. The molecule has 0 bridgehead atoms.